The van der Waals surface area contributed by atoms with Crippen molar-refractivity contribution in [3.8, 4) is 0 Å². The zero-order chi connectivity index (χ0) is 11.5. The summed E-state index contributed by atoms with van der Waals surface area (Å²) in [4.78, 5) is 2.42. The Morgan fingerprint density at radius 1 is 1.25 bits per heavy atom. The van der Waals surface area contributed by atoms with Crippen LogP contribution in [0.1, 0.15) is 18.3 Å². The van der Waals surface area contributed by atoms with Crippen LogP contribution in [-0.2, 0) is 6.42 Å². The summed E-state index contributed by atoms with van der Waals surface area (Å²) in [6.07, 6.45) is 1.23. The van der Waals surface area contributed by atoms with E-state index in [2.05, 4.69) is 56.1 Å². The molecule has 1 heterocycles. The Kier molecular flexibility index (Phi) is 3.86. The molecule has 0 atom stereocenters. The minimum atomic E-state index is 0.578. The van der Waals surface area contributed by atoms with E-state index in [1.807, 2.05) is 0 Å². The zero-order valence-electron chi connectivity index (χ0n) is 10.2. The van der Waals surface area contributed by atoms with Crippen LogP contribution < -0.4 is 0 Å². The predicted molar refractivity (Wildman–Crippen MR) is 72.4 cm³/mol. The summed E-state index contributed by atoms with van der Waals surface area (Å²) in [5.41, 5.74) is 0. The normalized spacial score (nSPS) is 11.8. The molecule has 0 spiro atoms. The first-order valence-corrected chi connectivity index (χ1v) is 7.56. The Bertz CT molecular complexity index is 425. The Hall–Kier alpha value is -0.561. The van der Waals surface area contributed by atoms with Crippen molar-refractivity contribution in [1.82, 2.24) is 4.90 Å². The maximum absolute atomic E-state index is 2.42. The third kappa shape index (κ3) is 2.76. The average Bonchev–Trinajstić information content (AvgIpc) is 2.68. The Morgan fingerprint density at radius 3 is 2.69 bits per heavy atom. The molecule has 0 saturated carbocycles. The van der Waals surface area contributed by atoms with E-state index in [9.17, 15) is 0 Å². The van der Waals surface area contributed by atoms with Gasteiger partial charge < -0.3 is 0 Å². The molecule has 0 saturated heterocycles. The monoisotopic (exact) mass is 281 g/mol. The second-order valence-corrected chi connectivity index (χ2v) is 7.03. The fourth-order valence-corrected chi connectivity index (χ4v) is 3.91. The van der Waals surface area contributed by atoms with Crippen molar-refractivity contribution in [2.45, 2.75) is 26.3 Å². The molecule has 0 N–H and O–H groups in total. The first-order valence-electron chi connectivity index (χ1n) is 5.84. The van der Waals surface area contributed by atoms with E-state index >= 15 is 0 Å². The van der Waals surface area contributed by atoms with Gasteiger partial charge in [0.2, 0.25) is 0 Å². The quantitative estimate of drug-likeness (QED) is 0.778. The van der Waals surface area contributed by atoms with E-state index in [0.717, 1.165) is 0 Å². The van der Waals surface area contributed by atoms with Gasteiger partial charge in [0.25, 0.3) is 0 Å². The second kappa shape index (κ2) is 5.18. The summed E-state index contributed by atoms with van der Waals surface area (Å²) in [6, 6.07) is 11.8. The molecule has 1 aromatic heterocycles. The molecule has 1 aromatic carbocycles. The number of fused-ring (bicyclic) bond motifs is 1. The van der Waals surface area contributed by atoms with Gasteiger partial charge in [-0.1, -0.05) is 0 Å². The number of nitrogens with zero attached hydrogens (tertiary/aromatic N) is 1. The van der Waals surface area contributed by atoms with Crippen molar-refractivity contribution in [1.29, 1.82) is 0 Å². The topological polar surface area (TPSA) is 3.24 Å². The van der Waals surface area contributed by atoms with Crippen LogP contribution in [0.15, 0.2) is 30.3 Å². The molecule has 2 aromatic rings. The Morgan fingerprint density at radius 2 is 2.00 bits per heavy atom. The molecule has 0 radical (unpaired) electrons. The molecule has 86 valence electrons. The average molecular weight is 280 g/mol. The van der Waals surface area contributed by atoms with Crippen molar-refractivity contribution < 1.29 is 0 Å². The number of rotatable bonds is 4. The minimum absolute atomic E-state index is 0.578. The van der Waals surface area contributed by atoms with Gasteiger partial charge in [0.05, 0.1) is 0 Å². The van der Waals surface area contributed by atoms with Gasteiger partial charge >= 0.3 is 104 Å². The molecular weight excluding hydrogens is 261 g/mol. The Labute approximate surface area is 104 Å². The van der Waals surface area contributed by atoms with E-state index in [1.165, 1.54) is 18.4 Å². The van der Waals surface area contributed by atoms with Crippen LogP contribution in [0.3, 0.4) is 0 Å². The fourth-order valence-electron chi connectivity index (χ4n) is 1.70. The molecule has 0 fully saturated rings. The van der Waals surface area contributed by atoms with Crippen molar-refractivity contribution in [2.24, 2.45) is 0 Å². The van der Waals surface area contributed by atoms with Crippen LogP contribution in [0.25, 0.3) is 9.65 Å². The molecule has 0 aliphatic heterocycles. The molecule has 0 bridgehead atoms. The predicted octanol–water partition coefficient (Wildman–Crippen LogP) is 2.78. The number of benzene rings is 1. The summed E-state index contributed by atoms with van der Waals surface area (Å²) >= 11 is 0.578. The summed E-state index contributed by atoms with van der Waals surface area (Å²) in [5.74, 6) is 0. The molecular formula is C14H19NSe. The summed E-state index contributed by atoms with van der Waals surface area (Å²) in [5, 5.41) is 1.45. The summed E-state index contributed by atoms with van der Waals surface area (Å²) < 4.78 is 3.19. The van der Waals surface area contributed by atoms with E-state index in [1.54, 1.807) is 8.70 Å². The molecule has 0 amide bonds. The van der Waals surface area contributed by atoms with Crippen molar-refractivity contribution >= 4 is 24.1 Å². The number of likely N-dealkylation sites (N-methyl/N-ethyl adjacent to an activating group) is 1. The van der Waals surface area contributed by atoms with E-state index in [-0.39, 0.29) is 0 Å². The second-order valence-electron chi connectivity index (χ2n) is 4.57. The first kappa shape index (κ1) is 11.9. The molecule has 0 unspecified atom stereocenters. The summed E-state index contributed by atoms with van der Waals surface area (Å²) in [7, 11) is 2.21. The number of hydrogen-bond acceptors (Lipinski definition) is 1. The van der Waals surface area contributed by atoms with E-state index < -0.39 is 0 Å². The van der Waals surface area contributed by atoms with Gasteiger partial charge in [-0.05, 0) is 0 Å². The van der Waals surface area contributed by atoms with Gasteiger partial charge in [0, 0.05) is 0 Å². The van der Waals surface area contributed by atoms with Crippen molar-refractivity contribution in [3.05, 3.63) is 34.8 Å². The molecule has 1 nitrogen and oxygen atoms in total. The van der Waals surface area contributed by atoms with Crippen molar-refractivity contribution in [3.63, 3.8) is 0 Å². The van der Waals surface area contributed by atoms with Crippen LogP contribution in [0, 0.1) is 0 Å². The molecule has 2 heteroatoms. The van der Waals surface area contributed by atoms with Gasteiger partial charge in [-0.15, -0.1) is 0 Å². The van der Waals surface area contributed by atoms with Crippen LogP contribution >= 0.6 is 0 Å². The van der Waals surface area contributed by atoms with Gasteiger partial charge in [-0.25, -0.2) is 0 Å². The number of hydrogen-bond donors (Lipinski definition) is 0. The fraction of sp³-hybridized carbons (Fsp3) is 0.429. The molecule has 16 heavy (non-hydrogen) atoms. The molecule has 0 aliphatic rings. The molecule has 2 rings (SSSR count). The zero-order valence-corrected chi connectivity index (χ0v) is 11.9. The Balaban J connectivity index is 2.05. The van der Waals surface area contributed by atoms with Gasteiger partial charge in [-0.3, -0.25) is 0 Å². The van der Waals surface area contributed by atoms with E-state index in [4.69, 9.17) is 0 Å². The van der Waals surface area contributed by atoms with Gasteiger partial charge in [-0.2, -0.15) is 0 Å². The maximum atomic E-state index is 2.42. The van der Waals surface area contributed by atoms with Gasteiger partial charge in [0.15, 0.2) is 0 Å². The van der Waals surface area contributed by atoms with Crippen LogP contribution in [0.5, 0.6) is 0 Å². The SMILES string of the molecule is CC(C)N(C)CCc1cc2ccccc2[se]1. The molecule has 0 aliphatic carbocycles. The third-order valence-electron chi connectivity index (χ3n) is 3.07. The summed E-state index contributed by atoms with van der Waals surface area (Å²) in [6.45, 7) is 5.69. The van der Waals surface area contributed by atoms with Crippen LogP contribution in [-0.4, -0.2) is 39.0 Å². The van der Waals surface area contributed by atoms with E-state index in [0.29, 0.717) is 20.5 Å². The van der Waals surface area contributed by atoms with Crippen LogP contribution in [0.4, 0.5) is 0 Å². The third-order valence-corrected chi connectivity index (χ3v) is 5.54. The first-order chi connectivity index (χ1) is 7.66. The van der Waals surface area contributed by atoms with Gasteiger partial charge in [0.1, 0.15) is 0 Å². The standard InChI is InChI=1S/C14H19NSe/c1-11(2)15(3)9-8-13-10-12-6-4-5-7-14(12)16-13/h4-7,10-11H,8-9H2,1-3H3. The van der Waals surface area contributed by atoms with Crippen LogP contribution in [0.2, 0.25) is 0 Å². The van der Waals surface area contributed by atoms with Crippen molar-refractivity contribution in [2.75, 3.05) is 13.6 Å².